The minimum atomic E-state index is -0.342. The van der Waals surface area contributed by atoms with Gasteiger partial charge in [-0.2, -0.15) is 0 Å². The van der Waals surface area contributed by atoms with Crippen molar-refractivity contribution in [3.05, 3.63) is 71.8 Å². The summed E-state index contributed by atoms with van der Waals surface area (Å²) in [5.41, 5.74) is 7.82. The number of thioether (sulfide) groups is 2. The van der Waals surface area contributed by atoms with Crippen LogP contribution in [-0.4, -0.2) is 27.1 Å². The first-order chi connectivity index (χ1) is 12.7. The summed E-state index contributed by atoms with van der Waals surface area (Å²) in [6.07, 6.45) is 1.92. The monoisotopic (exact) mass is 401 g/mol. The van der Waals surface area contributed by atoms with Gasteiger partial charge in [-0.1, -0.05) is 95.5 Å². The summed E-state index contributed by atoms with van der Waals surface area (Å²) in [5, 5.41) is 8.80. The number of rotatable bonds is 9. The van der Waals surface area contributed by atoms with Gasteiger partial charge in [0.1, 0.15) is 0 Å². The third kappa shape index (κ3) is 6.16. The average Bonchev–Trinajstić information content (AvgIpc) is 3.09. The Morgan fingerprint density at radius 1 is 0.923 bits per heavy atom. The Kier molecular flexibility index (Phi) is 7.11. The van der Waals surface area contributed by atoms with E-state index < -0.39 is 0 Å². The van der Waals surface area contributed by atoms with E-state index in [2.05, 4.69) is 58.7 Å². The van der Waals surface area contributed by atoms with Gasteiger partial charge < -0.3 is 5.73 Å². The van der Waals surface area contributed by atoms with Crippen LogP contribution in [0.15, 0.2) is 69.3 Å². The molecule has 0 fully saturated rings. The van der Waals surface area contributed by atoms with Gasteiger partial charge in [0, 0.05) is 5.25 Å². The molecule has 1 amide bonds. The second-order valence-corrected chi connectivity index (χ2v) is 9.46. The third-order valence-electron chi connectivity index (χ3n) is 3.61. The highest BCUT2D eigenvalue weighted by Gasteiger charge is 2.16. The zero-order valence-electron chi connectivity index (χ0n) is 14.1. The number of amides is 1. The minimum absolute atomic E-state index is 0.233. The zero-order valence-corrected chi connectivity index (χ0v) is 16.5. The molecule has 0 bridgehead atoms. The van der Waals surface area contributed by atoms with Crippen LogP contribution >= 0.6 is 34.9 Å². The lowest BCUT2D eigenvalue weighted by Gasteiger charge is -2.15. The lowest BCUT2D eigenvalue weighted by atomic mass is 10.0. The van der Waals surface area contributed by atoms with E-state index in [0.717, 1.165) is 21.5 Å². The Bertz CT molecular complexity index is 783. The SMILES string of the molecule is NC(=O)CSc1nnc(SC(Cc2ccccc2)Cc2ccccc2)s1. The Morgan fingerprint density at radius 3 is 2.00 bits per heavy atom. The number of nitrogens with zero attached hydrogens (tertiary/aromatic N) is 2. The van der Waals surface area contributed by atoms with Crippen LogP contribution in [0.5, 0.6) is 0 Å². The van der Waals surface area contributed by atoms with Crippen molar-refractivity contribution in [1.29, 1.82) is 0 Å². The predicted octanol–water partition coefficient (Wildman–Crippen LogP) is 4.06. The molecule has 1 aromatic heterocycles. The quantitative estimate of drug-likeness (QED) is 0.548. The van der Waals surface area contributed by atoms with Gasteiger partial charge in [0.15, 0.2) is 8.68 Å². The standard InChI is InChI=1S/C19H19N3OS3/c20-17(23)13-24-18-21-22-19(26-18)25-16(11-14-7-3-1-4-8-14)12-15-9-5-2-6-10-15/h1-10,16H,11-13H2,(H2,20,23). The van der Waals surface area contributed by atoms with Crippen LogP contribution in [0.4, 0.5) is 0 Å². The summed E-state index contributed by atoms with van der Waals surface area (Å²) in [6.45, 7) is 0. The highest BCUT2D eigenvalue weighted by atomic mass is 32.2. The molecule has 4 nitrogen and oxygen atoms in total. The molecule has 134 valence electrons. The van der Waals surface area contributed by atoms with Gasteiger partial charge in [-0.15, -0.1) is 10.2 Å². The van der Waals surface area contributed by atoms with Crippen LogP contribution in [0.25, 0.3) is 0 Å². The Labute approximate surface area is 165 Å². The van der Waals surface area contributed by atoms with Crippen molar-refractivity contribution >= 4 is 40.8 Å². The van der Waals surface area contributed by atoms with Gasteiger partial charge in [-0.3, -0.25) is 4.79 Å². The molecule has 0 radical (unpaired) electrons. The zero-order chi connectivity index (χ0) is 18.2. The number of carbonyl (C=O) groups excluding carboxylic acids is 1. The lowest BCUT2D eigenvalue weighted by molar-refractivity contribution is -0.115. The van der Waals surface area contributed by atoms with Crippen molar-refractivity contribution in [1.82, 2.24) is 10.2 Å². The van der Waals surface area contributed by atoms with Gasteiger partial charge in [0.05, 0.1) is 5.75 Å². The van der Waals surface area contributed by atoms with Gasteiger partial charge >= 0.3 is 0 Å². The van der Waals surface area contributed by atoms with Crippen LogP contribution in [0.2, 0.25) is 0 Å². The fraction of sp³-hybridized carbons (Fsp3) is 0.211. The first-order valence-corrected chi connectivity index (χ1v) is 10.9. The highest BCUT2D eigenvalue weighted by molar-refractivity contribution is 8.03. The summed E-state index contributed by atoms with van der Waals surface area (Å²) < 4.78 is 1.71. The molecular formula is C19H19N3OS3. The first-order valence-electron chi connectivity index (χ1n) is 8.18. The average molecular weight is 402 g/mol. The first kappa shape index (κ1) is 18.9. The van der Waals surface area contributed by atoms with Crippen molar-refractivity contribution in [2.24, 2.45) is 5.73 Å². The van der Waals surface area contributed by atoms with E-state index in [1.54, 1.807) is 11.8 Å². The molecular weight excluding hydrogens is 382 g/mol. The van der Waals surface area contributed by atoms with Crippen molar-refractivity contribution in [2.45, 2.75) is 26.8 Å². The molecule has 0 atom stereocenters. The number of primary amides is 1. The van der Waals surface area contributed by atoms with Crippen molar-refractivity contribution in [3.8, 4) is 0 Å². The van der Waals surface area contributed by atoms with E-state index >= 15 is 0 Å². The third-order valence-corrected chi connectivity index (χ3v) is 6.97. The van der Waals surface area contributed by atoms with Crippen molar-refractivity contribution < 1.29 is 4.79 Å². The number of hydrogen-bond acceptors (Lipinski definition) is 6. The fourth-order valence-electron chi connectivity index (χ4n) is 2.49. The van der Waals surface area contributed by atoms with E-state index in [-0.39, 0.29) is 11.7 Å². The molecule has 2 N–H and O–H groups in total. The molecule has 0 saturated heterocycles. The molecule has 1 heterocycles. The number of benzene rings is 2. The van der Waals surface area contributed by atoms with Crippen LogP contribution in [0.1, 0.15) is 11.1 Å². The normalized spacial score (nSPS) is 11.0. The topological polar surface area (TPSA) is 68.9 Å². The Morgan fingerprint density at radius 2 is 1.46 bits per heavy atom. The second-order valence-electron chi connectivity index (χ2n) is 5.71. The van der Waals surface area contributed by atoms with Gasteiger partial charge in [0.2, 0.25) is 5.91 Å². The van der Waals surface area contributed by atoms with Crippen molar-refractivity contribution in [2.75, 3.05) is 5.75 Å². The maximum absolute atomic E-state index is 10.9. The van der Waals surface area contributed by atoms with E-state index in [1.807, 2.05) is 12.1 Å². The molecule has 0 saturated carbocycles. The molecule has 0 aliphatic rings. The van der Waals surface area contributed by atoms with Gasteiger partial charge in [-0.25, -0.2) is 0 Å². The number of nitrogens with two attached hydrogens (primary N) is 1. The van der Waals surface area contributed by atoms with E-state index in [0.29, 0.717) is 5.25 Å². The molecule has 0 aliphatic carbocycles. The number of aromatic nitrogens is 2. The summed E-state index contributed by atoms with van der Waals surface area (Å²) in [5.74, 6) is -0.109. The molecule has 0 unspecified atom stereocenters. The van der Waals surface area contributed by atoms with Crippen LogP contribution < -0.4 is 5.73 Å². The molecule has 2 aromatic carbocycles. The fourth-order valence-corrected chi connectivity index (χ4v) is 5.73. The van der Waals surface area contributed by atoms with E-state index in [9.17, 15) is 4.79 Å². The van der Waals surface area contributed by atoms with E-state index in [4.69, 9.17) is 5.73 Å². The Hall–Kier alpha value is -1.83. The molecule has 0 spiro atoms. The van der Waals surface area contributed by atoms with Crippen LogP contribution in [-0.2, 0) is 17.6 Å². The van der Waals surface area contributed by atoms with Crippen molar-refractivity contribution in [3.63, 3.8) is 0 Å². The van der Waals surface area contributed by atoms with Gasteiger partial charge in [-0.05, 0) is 24.0 Å². The largest absolute Gasteiger partial charge is 0.369 e. The molecule has 3 rings (SSSR count). The number of hydrogen-bond donors (Lipinski definition) is 1. The smallest absolute Gasteiger partial charge is 0.227 e. The van der Waals surface area contributed by atoms with Crippen LogP contribution in [0.3, 0.4) is 0 Å². The maximum atomic E-state index is 10.9. The summed E-state index contributed by atoms with van der Waals surface area (Å²) >= 11 is 4.61. The molecule has 26 heavy (non-hydrogen) atoms. The Balaban J connectivity index is 1.69. The molecule has 7 heteroatoms. The second kappa shape index (κ2) is 9.75. The molecule has 0 aliphatic heterocycles. The van der Waals surface area contributed by atoms with Crippen LogP contribution in [0, 0.1) is 0 Å². The lowest BCUT2D eigenvalue weighted by Crippen LogP contribution is -2.12. The predicted molar refractivity (Wildman–Crippen MR) is 110 cm³/mol. The minimum Gasteiger partial charge on any atom is -0.369 e. The summed E-state index contributed by atoms with van der Waals surface area (Å²) in [6, 6.07) is 21.0. The maximum Gasteiger partial charge on any atom is 0.227 e. The summed E-state index contributed by atoms with van der Waals surface area (Å²) in [7, 11) is 0. The summed E-state index contributed by atoms with van der Waals surface area (Å²) in [4.78, 5) is 10.9. The van der Waals surface area contributed by atoms with E-state index in [1.165, 1.54) is 34.2 Å². The van der Waals surface area contributed by atoms with Gasteiger partial charge in [0.25, 0.3) is 0 Å². The highest BCUT2D eigenvalue weighted by Crippen LogP contribution is 2.33. The molecule has 3 aromatic rings. The number of carbonyl (C=O) groups is 1.